The van der Waals surface area contributed by atoms with Crippen LogP contribution >= 0.6 is 0 Å². The normalized spacial score (nSPS) is 17.9. The van der Waals surface area contributed by atoms with Gasteiger partial charge < -0.3 is 10.4 Å². The smallest absolute Gasteiger partial charge is 0.303 e. The predicted octanol–water partition coefficient (Wildman–Crippen LogP) is 2.18. The predicted molar refractivity (Wildman–Crippen MR) is 65.6 cm³/mol. The van der Waals surface area contributed by atoms with Gasteiger partial charge in [-0.05, 0) is 24.7 Å². The molecule has 1 saturated carbocycles. The Morgan fingerprint density at radius 1 is 1.35 bits per heavy atom. The number of amides is 1. The molecule has 0 heterocycles. The molecule has 1 aliphatic rings. The third-order valence-electron chi connectivity index (χ3n) is 3.58. The van der Waals surface area contributed by atoms with Gasteiger partial charge in [0.15, 0.2) is 0 Å². The topological polar surface area (TPSA) is 66.4 Å². The first-order chi connectivity index (χ1) is 8.11. The molecular weight excluding hydrogens is 218 g/mol. The minimum absolute atomic E-state index is 0.0556. The molecule has 98 valence electrons. The highest BCUT2D eigenvalue weighted by Crippen LogP contribution is 2.27. The second-order valence-electron chi connectivity index (χ2n) is 5.03. The second-order valence-corrected chi connectivity index (χ2v) is 5.03. The summed E-state index contributed by atoms with van der Waals surface area (Å²) in [6.07, 6.45) is 6.36. The largest absolute Gasteiger partial charge is 0.481 e. The van der Waals surface area contributed by atoms with E-state index in [9.17, 15) is 9.59 Å². The van der Waals surface area contributed by atoms with Gasteiger partial charge in [0.2, 0.25) is 5.91 Å². The minimum Gasteiger partial charge on any atom is -0.481 e. The Labute approximate surface area is 103 Å². The van der Waals surface area contributed by atoms with Crippen molar-refractivity contribution in [1.82, 2.24) is 5.32 Å². The van der Waals surface area contributed by atoms with Crippen LogP contribution in [-0.2, 0) is 9.59 Å². The van der Waals surface area contributed by atoms with Crippen LogP contribution in [0.1, 0.15) is 51.9 Å². The van der Waals surface area contributed by atoms with Crippen LogP contribution in [0, 0.1) is 11.8 Å². The number of nitrogens with one attached hydrogen (secondary N) is 1. The van der Waals surface area contributed by atoms with Gasteiger partial charge in [-0.2, -0.15) is 0 Å². The Balaban J connectivity index is 2.18. The van der Waals surface area contributed by atoms with Gasteiger partial charge in [-0.15, -0.1) is 0 Å². The van der Waals surface area contributed by atoms with Crippen molar-refractivity contribution in [1.29, 1.82) is 0 Å². The Morgan fingerprint density at radius 2 is 2.00 bits per heavy atom. The molecule has 0 aliphatic heterocycles. The van der Waals surface area contributed by atoms with E-state index in [0.717, 1.165) is 6.42 Å². The fourth-order valence-corrected chi connectivity index (χ4v) is 2.41. The fourth-order valence-electron chi connectivity index (χ4n) is 2.41. The molecule has 0 bridgehead atoms. The van der Waals surface area contributed by atoms with Gasteiger partial charge in [-0.25, -0.2) is 0 Å². The molecule has 1 rings (SSSR count). The fraction of sp³-hybridized carbons (Fsp3) is 0.846. The van der Waals surface area contributed by atoms with Crippen LogP contribution in [0.25, 0.3) is 0 Å². The van der Waals surface area contributed by atoms with Crippen molar-refractivity contribution in [3.63, 3.8) is 0 Å². The van der Waals surface area contributed by atoms with Crippen molar-refractivity contribution in [2.75, 3.05) is 6.54 Å². The Hall–Kier alpha value is -1.06. The maximum absolute atomic E-state index is 11.6. The second kappa shape index (κ2) is 7.30. The van der Waals surface area contributed by atoms with Crippen LogP contribution in [0.15, 0.2) is 0 Å². The molecule has 0 aromatic rings. The molecule has 0 radical (unpaired) electrons. The first-order valence-electron chi connectivity index (χ1n) is 6.60. The van der Waals surface area contributed by atoms with E-state index in [0.29, 0.717) is 18.9 Å². The lowest BCUT2D eigenvalue weighted by molar-refractivity contribution is -0.138. The van der Waals surface area contributed by atoms with Gasteiger partial charge in [0.05, 0.1) is 0 Å². The van der Waals surface area contributed by atoms with E-state index in [1.807, 2.05) is 6.92 Å². The van der Waals surface area contributed by atoms with Gasteiger partial charge in [-0.1, -0.05) is 26.2 Å². The monoisotopic (exact) mass is 241 g/mol. The van der Waals surface area contributed by atoms with E-state index in [-0.39, 0.29) is 18.2 Å². The van der Waals surface area contributed by atoms with Crippen molar-refractivity contribution >= 4 is 11.9 Å². The number of rotatable bonds is 7. The van der Waals surface area contributed by atoms with E-state index < -0.39 is 5.97 Å². The van der Waals surface area contributed by atoms with Crippen molar-refractivity contribution in [2.24, 2.45) is 11.8 Å². The summed E-state index contributed by atoms with van der Waals surface area (Å²) in [6, 6.07) is 0. The van der Waals surface area contributed by atoms with Gasteiger partial charge in [0, 0.05) is 19.4 Å². The van der Waals surface area contributed by atoms with Crippen LogP contribution in [0.4, 0.5) is 0 Å². The highest BCUT2D eigenvalue weighted by atomic mass is 16.4. The number of carbonyl (C=O) groups is 2. The molecular formula is C13H23NO3. The van der Waals surface area contributed by atoms with E-state index in [4.69, 9.17) is 5.11 Å². The third kappa shape index (κ3) is 5.71. The Kier molecular flexibility index (Phi) is 6.01. The lowest BCUT2D eigenvalue weighted by Gasteiger charge is -2.14. The average Bonchev–Trinajstić information content (AvgIpc) is 2.76. The molecule has 2 N–H and O–H groups in total. The lowest BCUT2D eigenvalue weighted by atomic mass is 10.0. The molecule has 4 nitrogen and oxygen atoms in total. The summed E-state index contributed by atoms with van der Waals surface area (Å²) in [5.74, 6) is -0.0998. The van der Waals surface area contributed by atoms with Gasteiger partial charge in [0.1, 0.15) is 0 Å². The highest BCUT2D eigenvalue weighted by Gasteiger charge is 2.19. The molecule has 17 heavy (non-hydrogen) atoms. The SMILES string of the molecule is CCC(CNC(=O)CC1CCCC1)CC(=O)O. The molecule has 0 aromatic heterocycles. The number of hydrogen-bond acceptors (Lipinski definition) is 2. The average molecular weight is 241 g/mol. The number of carboxylic acids is 1. The number of carboxylic acid groups (broad SMARTS) is 1. The first-order valence-corrected chi connectivity index (χ1v) is 6.60. The van der Waals surface area contributed by atoms with E-state index in [1.165, 1.54) is 25.7 Å². The van der Waals surface area contributed by atoms with Gasteiger partial charge >= 0.3 is 5.97 Å². The van der Waals surface area contributed by atoms with Crippen molar-refractivity contribution in [3.05, 3.63) is 0 Å². The number of aliphatic carboxylic acids is 1. The summed E-state index contributed by atoms with van der Waals surface area (Å²) in [4.78, 5) is 22.2. The summed E-state index contributed by atoms with van der Waals surface area (Å²) in [6.45, 7) is 2.45. The zero-order valence-electron chi connectivity index (χ0n) is 10.6. The molecule has 1 fully saturated rings. The Morgan fingerprint density at radius 3 is 2.53 bits per heavy atom. The summed E-state index contributed by atoms with van der Waals surface area (Å²) < 4.78 is 0. The molecule has 1 amide bonds. The summed E-state index contributed by atoms with van der Waals surface area (Å²) in [7, 11) is 0. The summed E-state index contributed by atoms with van der Waals surface area (Å²) in [5.41, 5.74) is 0. The van der Waals surface area contributed by atoms with Crippen LogP contribution in [-0.4, -0.2) is 23.5 Å². The van der Waals surface area contributed by atoms with E-state index in [1.54, 1.807) is 0 Å². The van der Waals surface area contributed by atoms with Gasteiger partial charge in [-0.3, -0.25) is 9.59 Å². The quantitative estimate of drug-likeness (QED) is 0.718. The van der Waals surface area contributed by atoms with E-state index >= 15 is 0 Å². The summed E-state index contributed by atoms with van der Waals surface area (Å²) >= 11 is 0. The number of hydrogen-bond donors (Lipinski definition) is 2. The molecule has 0 spiro atoms. The lowest BCUT2D eigenvalue weighted by Crippen LogP contribution is -2.31. The number of carbonyl (C=O) groups excluding carboxylic acids is 1. The van der Waals surface area contributed by atoms with Crippen LogP contribution in [0.2, 0.25) is 0 Å². The first kappa shape index (κ1) is 14.0. The van der Waals surface area contributed by atoms with Crippen LogP contribution < -0.4 is 5.32 Å². The highest BCUT2D eigenvalue weighted by molar-refractivity contribution is 5.76. The molecule has 1 unspecified atom stereocenters. The Bertz CT molecular complexity index is 259. The third-order valence-corrected chi connectivity index (χ3v) is 3.58. The molecule has 4 heteroatoms. The van der Waals surface area contributed by atoms with Crippen LogP contribution in [0.3, 0.4) is 0 Å². The van der Waals surface area contributed by atoms with Crippen molar-refractivity contribution in [2.45, 2.75) is 51.9 Å². The zero-order valence-corrected chi connectivity index (χ0v) is 10.6. The molecule has 1 atom stereocenters. The van der Waals surface area contributed by atoms with E-state index in [2.05, 4.69) is 5.32 Å². The van der Waals surface area contributed by atoms with Crippen LogP contribution in [0.5, 0.6) is 0 Å². The maximum atomic E-state index is 11.6. The summed E-state index contributed by atoms with van der Waals surface area (Å²) in [5, 5.41) is 11.6. The molecule has 0 aromatic carbocycles. The standard InChI is InChI=1S/C13H23NO3/c1-2-10(8-13(16)17)9-14-12(15)7-11-5-3-4-6-11/h10-11H,2-9H2,1H3,(H,14,15)(H,16,17). The van der Waals surface area contributed by atoms with Crippen molar-refractivity contribution < 1.29 is 14.7 Å². The van der Waals surface area contributed by atoms with Crippen molar-refractivity contribution in [3.8, 4) is 0 Å². The minimum atomic E-state index is -0.790. The molecule has 1 aliphatic carbocycles. The zero-order chi connectivity index (χ0) is 12.7. The van der Waals surface area contributed by atoms with Gasteiger partial charge in [0.25, 0.3) is 0 Å². The molecule has 0 saturated heterocycles. The maximum Gasteiger partial charge on any atom is 0.303 e.